The molecule has 0 fully saturated rings. The van der Waals surface area contributed by atoms with Crippen molar-refractivity contribution in [1.29, 1.82) is 0 Å². The van der Waals surface area contributed by atoms with Crippen molar-refractivity contribution in [1.82, 2.24) is 0 Å². The Morgan fingerprint density at radius 3 is 2.42 bits per heavy atom. The topological polar surface area (TPSA) is 66.5 Å². The Morgan fingerprint density at radius 1 is 1.11 bits per heavy atom. The molecule has 4 heteroatoms. The van der Waals surface area contributed by atoms with E-state index in [0.29, 0.717) is 10.0 Å². The van der Waals surface area contributed by atoms with Crippen LogP contribution in [0.4, 0.5) is 0 Å². The maximum Gasteiger partial charge on any atom is 0.134 e. The van der Waals surface area contributed by atoms with Crippen LogP contribution in [-0.2, 0) is 6.42 Å². The molecular formula is C15H16BrNO2. The standard InChI is InChI=1S/C15H16BrNO2/c16-13-8-11(6-10-4-2-1-3-5-10)7-12(15(13)19)14(17)9-18/h1-5,7-8,14,18-19H,6,9,17H2/t14-/m1/s1. The van der Waals surface area contributed by atoms with Gasteiger partial charge in [0.1, 0.15) is 5.75 Å². The van der Waals surface area contributed by atoms with E-state index in [9.17, 15) is 5.11 Å². The summed E-state index contributed by atoms with van der Waals surface area (Å²) in [6.45, 7) is -0.200. The molecule has 2 aromatic rings. The first kappa shape index (κ1) is 14.1. The molecule has 2 aromatic carbocycles. The molecule has 2 rings (SSSR count). The van der Waals surface area contributed by atoms with Crippen LogP contribution in [0, 0.1) is 0 Å². The van der Waals surface area contributed by atoms with E-state index in [1.54, 1.807) is 0 Å². The molecule has 100 valence electrons. The van der Waals surface area contributed by atoms with Crippen LogP contribution in [0.25, 0.3) is 0 Å². The number of benzene rings is 2. The average molecular weight is 322 g/mol. The molecule has 0 spiro atoms. The van der Waals surface area contributed by atoms with Gasteiger partial charge in [0, 0.05) is 5.56 Å². The first-order valence-corrected chi connectivity index (χ1v) is 6.82. The van der Waals surface area contributed by atoms with Crippen molar-refractivity contribution in [2.24, 2.45) is 5.73 Å². The fourth-order valence-electron chi connectivity index (χ4n) is 1.99. The van der Waals surface area contributed by atoms with E-state index in [4.69, 9.17) is 10.8 Å². The summed E-state index contributed by atoms with van der Waals surface area (Å²) in [6.07, 6.45) is 0.755. The average Bonchev–Trinajstić information content (AvgIpc) is 2.43. The van der Waals surface area contributed by atoms with Crippen LogP contribution in [0.15, 0.2) is 46.9 Å². The molecule has 1 atom stereocenters. The third kappa shape index (κ3) is 3.35. The molecule has 0 aliphatic rings. The molecule has 0 aliphatic heterocycles. The number of hydrogen-bond donors (Lipinski definition) is 3. The van der Waals surface area contributed by atoms with Gasteiger partial charge in [-0.25, -0.2) is 0 Å². The highest BCUT2D eigenvalue weighted by molar-refractivity contribution is 9.10. The highest BCUT2D eigenvalue weighted by Crippen LogP contribution is 2.33. The molecule has 0 radical (unpaired) electrons. The summed E-state index contributed by atoms with van der Waals surface area (Å²) in [6, 6.07) is 13.2. The van der Waals surface area contributed by atoms with E-state index in [1.807, 2.05) is 42.5 Å². The van der Waals surface area contributed by atoms with Gasteiger partial charge in [-0.15, -0.1) is 0 Å². The number of aliphatic hydroxyl groups excluding tert-OH is 1. The molecule has 0 saturated heterocycles. The van der Waals surface area contributed by atoms with Gasteiger partial charge >= 0.3 is 0 Å². The fraction of sp³-hybridized carbons (Fsp3) is 0.200. The number of rotatable bonds is 4. The predicted molar refractivity (Wildman–Crippen MR) is 79.1 cm³/mol. The van der Waals surface area contributed by atoms with Gasteiger partial charge in [0.15, 0.2) is 0 Å². The van der Waals surface area contributed by atoms with Crippen LogP contribution in [-0.4, -0.2) is 16.8 Å². The summed E-state index contributed by atoms with van der Waals surface area (Å²) < 4.78 is 0.597. The van der Waals surface area contributed by atoms with Gasteiger partial charge in [-0.2, -0.15) is 0 Å². The lowest BCUT2D eigenvalue weighted by Gasteiger charge is -2.14. The number of nitrogens with two attached hydrogens (primary N) is 1. The zero-order valence-corrected chi connectivity index (χ0v) is 12.0. The Balaban J connectivity index is 2.34. The quantitative estimate of drug-likeness (QED) is 0.811. The molecule has 4 N–H and O–H groups in total. The predicted octanol–water partition coefficient (Wildman–Crippen LogP) is 2.74. The summed E-state index contributed by atoms with van der Waals surface area (Å²) in [5.41, 5.74) is 8.57. The lowest BCUT2D eigenvalue weighted by Crippen LogP contribution is -2.15. The van der Waals surface area contributed by atoms with Gasteiger partial charge in [0.25, 0.3) is 0 Å². The molecule has 19 heavy (non-hydrogen) atoms. The molecule has 0 heterocycles. The number of aliphatic hydroxyl groups is 1. The first-order valence-electron chi connectivity index (χ1n) is 6.03. The van der Waals surface area contributed by atoms with E-state index in [0.717, 1.165) is 12.0 Å². The number of halogens is 1. The second-order valence-corrected chi connectivity index (χ2v) is 5.32. The third-order valence-electron chi connectivity index (χ3n) is 3.00. The summed E-state index contributed by atoms with van der Waals surface area (Å²) in [5, 5.41) is 19.1. The minimum absolute atomic E-state index is 0.0957. The van der Waals surface area contributed by atoms with E-state index < -0.39 is 6.04 Å². The monoisotopic (exact) mass is 321 g/mol. The van der Waals surface area contributed by atoms with E-state index in [2.05, 4.69) is 15.9 Å². The van der Waals surface area contributed by atoms with Crippen molar-refractivity contribution < 1.29 is 10.2 Å². The van der Waals surface area contributed by atoms with Crippen molar-refractivity contribution in [2.45, 2.75) is 12.5 Å². The van der Waals surface area contributed by atoms with Crippen LogP contribution in [0.1, 0.15) is 22.7 Å². The van der Waals surface area contributed by atoms with Crippen LogP contribution < -0.4 is 5.73 Å². The summed E-state index contributed by atoms with van der Waals surface area (Å²) in [5.74, 6) is 0.0957. The molecular weight excluding hydrogens is 306 g/mol. The van der Waals surface area contributed by atoms with E-state index in [-0.39, 0.29) is 12.4 Å². The van der Waals surface area contributed by atoms with Crippen LogP contribution in [0.3, 0.4) is 0 Å². The molecule has 0 unspecified atom stereocenters. The van der Waals surface area contributed by atoms with Gasteiger partial charge in [-0.3, -0.25) is 0 Å². The Bertz CT molecular complexity index is 558. The zero-order chi connectivity index (χ0) is 13.8. The highest BCUT2D eigenvalue weighted by atomic mass is 79.9. The smallest absolute Gasteiger partial charge is 0.134 e. The van der Waals surface area contributed by atoms with Gasteiger partial charge < -0.3 is 15.9 Å². The zero-order valence-electron chi connectivity index (χ0n) is 10.4. The molecule has 3 nitrogen and oxygen atoms in total. The van der Waals surface area contributed by atoms with Gasteiger partial charge in [-0.1, -0.05) is 36.4 Å². The van der Waals surface area contributed by atoms with Crippen molar-refractivity contribution in [3.63, 3.8) is 0 Å². The SMILES string of the molecule is N[C@H](CO)c1cc(Cc2ccccc2)cc(Br)c1O. The lowest BCUT2D eigenvalue weighted by atomic mass is 9.99. The van der Waals surface area contributed by atoms with Gasteiger partial charge in [0.05, 0.1) is 17.1 Å². The first-order chi connectivity index (χ1) is 9.11. The number of phenols is 1. The van der Waals surface area contributed by atoms with Crippen molar-refractivity contribution in [2.75, 3.05) is 6.61 Å². The summed E-state index contributed by atoms with van der Waals surface area (Å²) in [4.78, 5) is 0. The van der Waals surface area contributed by atoms with Crippen molar-refractivity contribution in [3.8, 4) is 5.75 Å². The summed E-state index contributed by atoms with van der Waals surface area (Å²) >= 11 is 3.32. The second kappa shape index (κ2) is 6.19. The minimum Gasteiger partial charge on any atom is -0.506 e. The minimum atomic E-state index is -0.577. The van der Waals surface area contributed by atoms with Crippen molar-refractivity contribution in [3.05, 3.63) is 63.6 Å². The molecule has 0 amide bonds. The molecule has 0 bridgehead atoms. The maximum atomic E-state index is 9.95. The maximum absolute atomic E-state index is 9.95. The third-order valence-corrected chi connectivity index (χ3v) is 3.60. The normalized spacial score (nSPS) is 12.4. The van der Waals surface area contributed by atoms with Crippen LogP contribution in [0.2, 0.25) is 0 Å². The van der Waals surface area contributed by atoms with Crippen LogP contribution in [0.5, 0.6) is 5.75 Å². The second-order valence-electron chi connectivity index (χ2n) is 4.47. The van der Waals surface area contributed by atoms with Gasteiger partial charge in [-0.05, 0) is 39.5 Å². The Kier molecular flexibility index (Phi) is 4.58. The molecule has 0 saturated carbocycles. The molecule has 0 aliphatic carbocycles. The Morgan fingerprint density at radius 2 is 1.79 bits per heavy atom. The van der Waals surface area contributed by atoms with Gasteiger partial charge in [0.2, 0.25) is 0 Å². The number of hydrogen-bond acceptors (Lipinski definition) is 3. The fourth-order valence-corrected chi connectivity index (χ4v) is 2.52. The van der Waals surface area contributed by atoms with Crippen molar-refractivity contribution >= 4 is 15.9 Å². The highest BCUT2D eigenvalue weighted by Gasteiger charge is 2.14. The summed E-state index contributed by atoms with van der Waals surface area (Å²) in [7, 11) is 0. The van der Waals surface area contributed by atoms with E-state index in [1.165, 1.54) is 5.56 Å². The van der Waals surface area contributed by atoms with Crippen LogP contribution >= 0.6 is 15.9 Å². The lowest BCUT2D eigenvalue weighted by molar-refractivity contribution is 0.265. The molecule has 0 aromatic heterocycles. The number of phenolic OH excluding ortho intramolecular Hbond substituents is 1. The Hall–Kier alpha value is -1.36. The number of aromatic hydroxyl groups is 1. The largest absolute Gasteiger partial charge is 0.506 e. The van der Waals surface area contributed by atoms with E-state index >= 15 is 0 Å². The Labute approximate surface area is 120 Å².